The molecule has 0 aliphatic heterocycles. The lowest BCUT2D eigenvalue weighted by atomic mass is 9.96. The maximum atomic E-state index is 11.8. The van der Waals surface area contributed by atoms with Crippen LogP contribution in [0.15, 0.2) is 0 Å². The fourth-order valence-electron chi connectivity index (χ4n) is 1.39. The Morgan fingerprint density at radius 3 is 2.60 bits per heavy atom. The van der Waals surface area contributed by atoms with Gasteiger partial charge >= 0.3 is 0 Å². The monoisotopic (exact) mass is 211 g/mol. The summed E-state index contributed by atoms with van der Waals surface area (Å²) in [4.78, 5) is 11.8. The molecule has 4 heteroatoms. The summed E-state index contributed by atoms with van der Waals surface area (Å²) < 4.78 is 0. The Bertz CT molecular complexity index is 243. The number of nitrogens with two attached hydrogens (primary N) is 1. The average molecular weight is 211 g/mol. The Balaban J connectivity index is 4.27. The lowest BCUT2D eigenvalue weighted by Gasteiger charge is -2.25. The van der Waals surface area contributed by atoms with Crippen LogP contribution in [0.5, 0.6) is 0 Å². The summed E-state index contributed by atoms with van der Waals surface area (Å²) in [5, 5.41) is 11.4. The molecule has 0 radical (unpaired) electrons. The second-order valence-corrected chi connectivity index (χ2v) is 4.11. The molecule has 0 aliphatic carbocycles. The average Bonchev–Trinajstić information content (AvgIpc) is 2.16. The van der Waals surface area contributed by atoms with Gasteiger partial charge in [-0.05, 0) is 19.8 Å². The zero-order chi connectivity index (χ0) is 11.9. The van der Waals surface area contributed by atoms with Gasteiger partial charge < -0.3 is 11.1 Å². The number of hydrogen-bond acceptors (Lipinski definition) is 3. The molecule has 4 nitrogen and oxygen atoms in total. The maximum absolute atomic E-state index is 11.8. The van der Waals surface area contributed by atoms with Gasteiger partial charge in [0.25, 0.3) is 0 Å². The van der Waals surface area contributed by atoms with Gasteiger partial charge in [-0.2, -0.15) is 5.26 Å². The summed E-state index contributed by atoms with van der Waals surface area (Å²) in [7, 11) is 0. The number of nitrogens with one attached hydrogen (secondary N) is 1. The number of rotatable bonds is 6. The van der Waals surface area contributed by atoms with E-state index in [0.717, 1.165) is 12.8 Å². The van der Waals surface area contributed by atoms with Crippen LogP contribution in [0.2, 0.25) is 0 Å². The third-order valence-corrected chi connectivity index (χ3v) is 2.45. The van der Waals surface area contributed by atoms with E-state index in [2.05, 4.69) is 11.4 Å². The molecule has 3 N–H and O–H groups in total. The van der Waals surface area contributed by atoms with Gasteiger partial charge in [-0.25, -0.2) is 0 Å². The highest BCUT2D eigenvalue weighted by Crippen LogP contribution is 2.09. The second kappa shape index (κ2) is 6.41. The topological polar surface area (TPSA) is 78.9 Å². The fourth-order valence-corrected chi connectivity index (χ4v) is 1.39. The second-order valence-electron chi connectivity index (χ2n) is 4.11. The van der Waals surface area contributed by atoms with E-state index < -0.39 is 5.54 Å². The van der Waals surface area contributed by atoms with E-state index in [4.69, 9.17) is 11.0 Å². The van der Waals surface area contributed by atoms with E-state index in [1.54, 1.807) is 6.92 Å². The number of amides is 1. The summed E-state index contributed by atoms with van der Waals surface area (Å²) in [5.41, 5.74) is 5.05. The van der Waals surface area contributed by atoms with Crippen LogP contribution in [-0.4, -0.2) is 17.5 Å². The molecule has 0 aromatic carbocycles. The van der Waals surface area contributed by atoms with E-state index in [-0.39, 0.29) is 11.9 Å². The number of carbonyl (C=O) groups excluding carboxylic acids is 1. The molecule has 0 spiro atoms. The zero-order valence-electron chi connectivity index (χ0n) is 9.84. The number of nitriles is 1. The number of nitrogens with zero attached hydrogens (tertiary/aromatic N) is 1. The minimum absolute atomic E-state index is 0.0813. The predicted molar refractivity (Wildman–Crippen MR) is 60.0 cm³/mol. The lowest BCUT2D eigenvalue weighted by molar-refractivity contribution is -0.126. The summed E-state index contributed by atoms with van der Waals surface area (Å²) in [5.74, 6) is -0.161. The van der Waals surface area contributed by atoms with Crippen molar-refractivity contribution in [3.05, 3.63) is 0 Å². The molecule has 1 amide bonds. The summed E-state index contributed by atoms with van der Waals surface area (Å²) >= 11 is 0. The van der Waals surface area contributed by atoms with Crippen molar-refractivity contribution in [1.82, 2.24) is 5.32 Å². The van der Waals surface area contributed by atoms with Gasteiger partial charge in [0.05, 0.1) is 18.0 Å². The molecule has 0 rings (SSSR count). The van der Waals surface area contributed by atoms with Crippen LogP contribution >= 0.6 is 0 Å². The third-order valence-electron chi connectivity index (χ3n) is 2.45. The maximum Gasteiger partial charge on any atom is 0.240 e. The number of carbonyl (C=O) groups is 1. The fraction of sp³-hybridized carbons (Fsp3) is 0.818. The zero-order valence-corrected chi connectivity index (χ0v) is 9.84. The highest BCUT2D eigenvalue weighted by atomic mass is 16.2. The van der Waals surface area contributed by atoms with Crippen LogP contribution in [0.1, 0.15) is 46.5 Å². The summed E-state index contributed by atoms with van der Waals surface area (Å²) in [6, 6.07) is 1.97. The van der Waals surface area contributed by atoms with Gasteiger partial charge in [0.2, 0.25) is 5.91 Å². The van der Waals surface area contributed by atoms with Crippen LogP contribution in [0.4, 0.5) is 0 Å². The Morgan fingerprint density at radius 1 is 1.60 bits per heavy atom. The number of hydrogen-bond donors (Lipinski definition) is 2. The van der Waals surface area contributed by atoms with Crippen molar-refractivity contribution in [2.75, 3.05) is 0 Å². The van der Waals surface area contributed by atoms with Gasteiger partial charge in [-0.3, -0.25) is 4.79 Å². The normalized spacial score (nSPS) is 16.2. The molecule has 0 saturated heterocycles. The van der Waals surface area contributed by atoms with Crippen LogP contribution < -0.4 is 11.1 Å². The van der Waals surface area contributed by atoms with Gasteiger partial charge in [0.15, 0.2) is 0 Å². The first-order valence-corrected chi connectivity index (χ1v) is 5.44. The smallest absolute Gasteiger partial charge is 0.240 e. The van der Waals surface area contributed by atoms with Crippen molar-refractivity contribution >= 4 is 5.91 Å². The lowest BCUT2D eigenvalue weighted by Crippen LogP contribution is -2.53. The molecule has 0 aromatic heterocycles. The van der Waals surface area contributed by atoms with Crippen molar-refractivity contribution in [1.29, 1.82) is 5.26 Å². The molecule has 86 valence electrons. The highest BCUT2D eigenvalue weighted by Gasteiger charge is 2.28. The van der Waals surface area contributed by atoms with Crippen LogP contribution in [0.25, 0.3) is 0 Å². The van der Waals surface area contributed by atoms with Gasteiger partial charge in [-0.15, -0.1) is 0 Å². The first kappa shape index (κ1) is 13.9. The minimum atomic E-state index is -0.822. The molecular formula is C11H21N3O. The molecule has 2 unspecified atom stereocenters. The SMILES string of the molecule is CCCC(C)(N)C(=O)NC(CC)CC#N. The first-order chi connectivity index (χ1) is 6.97. The summed E-state index contributed by atoms with van der Waals surface area (Å²) in [6.45, 7) is 5.66. The standard InChI is InChI=1S/C11H21N3O/c1-4-7-11(3,13)10(15)14-9(5-2)6-8-12/h9H,4-7,13H2,1-3H3,(H,14,15). The Kier molecular flexibility index (Phi) is 5.95. The van der Waals surface area contributed by atoms with Crippen molar-refractivity contribution in [3.8, 4) is 6.07 Å². The first-order valence-electron chi connectivity index (χ1n) is 5.44. The van der Waals surface area contributed by atoms with E-state index in [1.807, 2.05) is 13.8 Å². The molecule has 0 fully saturated rings. The Morgan fingerprint density at radius 2 is 2.20 bits per heavy atom. The predicted octanol–water partition coefficient (Wildman–Crippen LogP) is 1.31. The highest BCUT2D eigenvalue weighted by molar-refractivity contribution is 5.85. The van der Waals surface area contributed by atoms with Gasteiger partial charge in [-0.1, -0.05) is 20.3 Å². The molecule has 0 heterocycles. The van der Waals surface area contributed by atoms with Crippen molar-refractivity contribution in [3.63, 3.8) is 0 Å². The molecule has 0 saturated carbocycles. The van der Waals surface area contributed by atoms with Gasteiger partial charge in [0, 0.05) is 6.04 Å². The van der Waals surface area contributed by atoms with Crippen molar-refractivity contribution < 1.29 is 4.79 Å². The van der Waals surface area contributed by atoms with Gasteiger partial charge in [0.1, 0.15) is 0 Å². The molecule has 0 aliphatic rings. The molecule has 15 heavy (non-hydrogen) atoms. The van der Waals surface area contributed by atoms with Crippen molar-refractivity contribution in [2.24, 2.45) is 5.73 Å². The molecule has 0 bridgehead atoms. The van der Waals surface area contributed by atoms with Crippen molar-refractivity contribution in [2.45, 2.75) is 58.0 Å². The van der Waals surface area contributed by atoms with E-state index >= 15 is 0 Å². The molecule has 0 aromatic rings. The van der Waals surface area contributed by atoms with E-state index in [0.29, 0.717) is 12.8 Å². The third kappa shape index (κ3) is 4.80. The van der Waals surface area contributed by atoms with Crippen LogP contribution in [-0.2, 0) is 4.79 Å². The Labute approximate surface area is 91.8 Å². The van der Waals surface area contributed by atoms with Crippen LogP contribution in [0, 0.1) is 11.3 Å². The van der Waals surface area contributed by atoms with E-state index in [1.165, 1.54) is 0 Å². The van der Waals surface area contributed by atoms with Crippen LogP contribution in [0.3, 0.4) is 0 Å². The van der Waals surface area contributed by atoms with E-state index in [9.17, 15) is 4.79 Å². The largest absolute Gasteiger partial charge is 0.351 e. The molecular weight excluding hydrogens is 190 g/mol. The summed E-state index contributed by atoms with van der Waals surface area (Å²) in [6.07, 6.45) is 2.61. The molecule has 2 atom stereocenters. The quantitative estimate of drug-likeness (QED) is 0.695. The minimum Gasteiger partial charge on any atom is -0.351 e. The Hall–Kier alpha value is -1.08.